The normalized spacial score (nSPS) is 39.5. The maximum atomic E-state index is 11.6. The van der Waals surface area contributed by atoms with Gasteiger partial charge in [0.15, 0.2) is 0 Å². The second-order valence-electron chi connectivity index (χ2n) is 4.01. The van der Waals surface area contributed by atoms with Crippen LogP contribution >= 0.6 is 0 Å². The maximum absolute atomic E-state index is 11.6. The van der Waals surface area contributed by atoms with Crippen LogP contribution in [0.4, 0.5) is 0 Å². The molecule has 1 heterocycles. The molecule has 0 aromatic rings. The van der Waals surface area contributed by atoms with Crippen LogP contribution in [0.15, 0.2) is 0 Å². The Balaban J connectivity index is 2.06. The van der Waals surface area contributed by atoms with Crippen molar-refractivity contribution in [2.45, 2.75) is 6.04 Å². The van der Waals surface area contributed by atoms with Crippen LogP contribution in [0.2, 0.25) is 0 Å². The molecule has 2 fully saturated rings. The number of hydrogen-bond donors (Lipinski definition) is 1. The van der Waals surface area contributed by atoms with Crippen LogP contribution < -0.4 is 5.73 Å². The maximum Gasteiger partial charge on any atom is 0.281 e. The lowest BCUT2D eigenvalue weighted by Gasteiger charge is -2.22. The van der Waals surface area contributed by atoms with Crippen molar-refractivity contribution in [2.75, 3.05) is 27.2 Å². The van der Waals surface area contributed by atoms with Crippen molar-refractivity contribution >= 4 is 10.2 Å². The largest absolute Gasteiger partial charge is 0.327 e. The van der Waals surface area contributed by atoms with Gasteiger partial charge in [-0.15, -0.1) is 0 Å². The van der Waals surface area contributed by atoms with E-state index in [1.807, 2.05) is 0 Å². The van der Waals surface area contributed by atoms with E-state index in [4.69, 9.17) is 5.73 Å². The lowest BCUT2D eigenvalue weighted by molar-refractivity contribution is 0.391. The van der Waals surface area contributed by atoms with Crippen LogP contribution in [-0.4, -0.2) is 50.3 Å². The topological polar surface area (TPSA) is 66.6 Å². The van der Waals surface area contributed by atoms with Crippen LogP contribution in [0, 0.1) is 11.8 Å². The van der Waals surface area contributed by atoms with E-state index in [0.29, 0.717) is 24.9 Å². The lowest BCUT2D eigenvalue weighted by atomic mass is 10.4. The molecular formula is C7H15N3O2S. The first-order chi connectivity index (χ1) is 5.94. The SMILES string of the molecule is CN(C)S(=O)(=O)N1C[C@@H]2C(N)[C@H]2C1. The van der Waals surface area contributed by atoms with Crippen LogP contribution in [0.3, 0.4) is 0 Å². The van der Waals surface area contributed by atoms with Crippen LogP contribution in [-0.2, 0) is 10.2 Å². The first kappa shape index (κ1) is 9.39. The highest BCUT2D eigenvalue weighted by molar-refractivity contribution is 7.86. The van der Waals surface area contributed by atoms with Crippen molar-refractivity contribution < 1.29 is 8.42 Å². The molecule has 2 aliphatic rings. The van der Waals surface area contributed by atoms with Gasteiger partial charge < -0.3 is 5.73 Å². The Morgan fingerprint density at radius 3 is 2.15 bits per heavy atom. The smallest absolute Gasteiger partial charge is 0.281 e. The van der Waals surface area contributed by atoms with E-state index in [-0.39, 0.29) is 6.04 Å². The van der Waals surface area contributed by atoms with Crippen molar-refractivity contribution in [1.82, 2.24) is 8.61 Å². The number of hydrogen-bond acceptors (Lipinski definition) is 3. The molecule has 1 saturated heterocycles. The molecule has 1 aliphatic heterocycles. The summed E-state index contributed by atoms with van der Waals surface area (Å²) in [6.07, 6.45) is 0. The van der Waals surface area contributed by atoms with E-state index in [0.717, 1.165) is 0 Å². The highest BCUT2D eigenvalue weighted by atomic mass is 32.2. The van der Waals surface area contributed by atoms with Crippen molar-refractivity contribution in [3.8, 4) is 0 Å². The quantitative estimate of drug-likeness (QED) is 0.608. The summed E-state index contributed by atoms with van der Waals surface area (Å²) in [5.74, 6) is 0.824. The van der Waals surface area contributed by atoms with Crippen LogP contribution in [0.25, 0.3) is 0 Å². The Bertz CT molecular complexity index is 302. The summed E-state index contributed by atoms with van der Waals surface area (Å²) in [6, 6.07) is 0.244. The summed E-state index contributed by atoms with van der Waals surface area (Å²) < 4.78 is 26.0. The van der Waals surface area contributed by atoms with E-state index in [1.54, 1.807) is 14.1 Å². The molecule has 0 radical (unpaired) electrons. The fourth-order valence-corrected chi connectivity index (χ4v) is 3.14. The summed E-state index contributed by atoms with van der Waals surface area (Å²) in [5, 5.41) is 0. The molecule has 0 aromatic heterocycles. The molecule has 0 bridgehead atoms. The van der Waals surface area contributed by atoms with Gasteiger partial charge >= 0.3 is 0 Å². The molecule has 0 unspecified atom stereocenters. The van der Waals surface area contributed by atoms with E-state index in [1.165, 1.54) is 8.61 Å². The zero-order valence-corrected chi connectivity index (χ0v) is 8.66. The molecule has 0 spiro atoms. The third-order valence-electron chi connectivity index (χ3n) is 3.01. The summed E-state index contributed by atoms with van der Waals surface area (Å²) in [7, 11) is -0.0819. The zero-order valence-electron chi connectivity index (χ0n) is 7.84. The van der Waals surface area contributed by atoms with Gasteiger partial charge in [0.25, 0.3) is 10.2 Å². The van der Waals surface area contributed by atoms with Crippen molar-refractivity contribution in [1.29, 1.82) is 0 Å². The summed E-state index contributed by atoms with van der Waals surface area (Å²) in [4.78, 5) is 0. The second-order valence-corrected chi connectivity index (χ2v) is 6.15. The van der Waals surface area contributed by atoms with Crippen LogP contribution in [0.1, 0.15) is 0 Å². The van der Waals surface area contributed by atoms with Gasteiger partial charge in [-0.05, 0) is 11.8 Å². The highest BCUT2D eigenvalue weighted by Gasteiger charge is 2.56. The minimum absolute atomic E-state index is 0.244. The summed E-state index contributed by atoms with van der Waals surface area (Å²) >= 11 is 0. The number of nitrogens with two attached hydrogens (primary N) is 1. The molecule has 1 aliphatic carbocycles. The monoisotopic (exact) mass is 205 g/mol. The summed E-state index contributed by atoms with van der Waals surface area (Å²) in [5.41, 5.74) is 5.72. The van der Waals surface area contributed by atoms with Gasteiger partial charge in [0.1, 0.15) is 0 Å². The lowest BCUT2D eigenvalue weighted by Crippen LogP contribution is -2.41. The molecule has 13 heavy (non-hydrogen) atoms. The highest BCUT2D eigenvalue weighted by Crippen LogP contribution is 2.44. The molecule has 76 valence electrons. The van der Waals surface area contributed by atoms with Gasteiger partial charge in [0.2, 0.25) is 0 Å². The molecule has 1 saturated carbocycles. The molecule has 2 atom stereocenters. The molecule has 0 aromatic carbocycles. The Morgan fingerprint density at radius 2 is 1.77 bits per heavy atom. The second kappa shape index (κ2) is 2.66. The van der Waals surface area contributed by atoms with Gasteiger partial charge in [-0.2, -0.15) is 17.0 Å². The Kier molecular flexibility index (Phi) is 1.92. The number of rotatable bonds is 2. The predicted molar refractivity (Wildman–Crippen MR) is 49.1 cm³/mol. The fraction of sp³-hybridized carbons (Fsp3) is 1.00. The molecular weight excluding hydrogens is 190 g/mol. The minimum atomic E-state index is -3.19. The Labute approximate surface area is 78.7 Å². The van der Waals surface area contributed by atoms with Gasteiger partial charge in [0, 0.05) is 33.2 Å². The van der Waals surface area contributed by atoms with E-state index in [2.05, 4.69) is 0 Å². The molecule has 0 amide bonds. The number of piperidine rings is 1. The fourth-order valence-electron chi connectivity index (χ4n) is 1.95. The molecule has 5 nitrogen and oxygen atoms in total. The van der Waals surface area contributed by atoms with Crippen LogP contribution in [0.5, 0.6) is 0 Å². The third-order valence-corrected chi connectivity index (χ3v) is 4.89. The van der Waals surface area contributed by atoms with E-state index in [9.17, 15) is 8.42 Å². The molecule has 2 rings (SSSR count). The van der Waals surface area contributed by atoms with Gasteiger partial charge in [-0.1, -0.05) is 0 Å². The van der Waals surface area contributed by atoms with Gasteiger partial charge in [0.05, 0.1) is 0 Å². The van der Waals surface area contributed by atoms with Crippen molar-refractivity contribution in [3.63, 3.8) is 0 Å². The van der Waals surface area contributed by atoms with E-state index >= 15 is 0 Å². The standard InChI is InChI=1S/C7H15N3O2S/c1-9(2)13(11,12)10-3-5-6(4-10)7(5)8/h5-7H,3-4,8H2,1-2H3/t5-,6-/m0/s1. The minimum Gasteiger partial charge on any atom is -0.327 e. The van der Waals surface area contributed by atoms with Gasteiger partial charge in [-0.3, -0.25) is 0 Å². The number of nitrogens with zero attached hydrogens (tertiary/aromatic N) is 2. The van der Waals surface area contributed by atoms with Crippen molar-refractivity contribution in [2.24, 2.45) is 17.6 Å². The van der Waals surface area contributed by atoms with Gasteiger partial charge in [-0.25, -0.2) is 0 Å². The zero-order chi connectivity index (χ0) is 9.80. The first-order valence-corrected chi connectivity index (χ1v) is 5.77. The Hall–Kier alpha value is -0.170. The van der Waals surface area contributed by atoms with E-state index < -0.39 is 10.2 Å². The first-order valence-electron chi connectivity index (χ1n) is 4.38. The Morgan fingerprint density at radius 1 is 1.31 bits per heavy atom. The average Bonchev–Trinajstić information content (AvgIpc) is 2.50. The molecule has 2 N–H and O–H groups in total. The molecule has 6 heteroatoms. The summed E-state index contributed by atoms with van der Waals surface area (Å²) in [6.45, 7) is 1.21. The third kappa shape index (κ3) is 1.28. The number of fused-ring (bicyclic) bond motifs is 1. The van der Waals surface area contributed by atoms with Crippen molar-refractivity contribution in [3.05, 3.63) is 0 Å². The average molecular weight is 205 g/mol. The predicted octanol–water partition coefficient (Wildman–Crippen LogP) is -1.32.